The van der Waals surface area contributed by atoms with Gasteiger partial charge in [-0.2, -0.15) is 9.97 Å². The number of likely N-dealkylation sites (tertiary alicyclic amines) is 1. The molecule has 192 valence electrons. The van der Waals surface area contributed by atoms with Gasteiger partial charge in [0.05, 0.1) is 5.39 Å². The lowest BCUT2D eigenvalue weighted by atomic mass is 10.0. The summed E-state index contributed by atoms with van der Waals surface area (Å²) in [6.45, 7) is 3.60. The summed E-state index contributed by atoms with van der Waals surface area (Å²) < 4.78 is 22.3. The Morgan fingerprint density at radius 1 is 1.14 bits per heavy atom. The molecule has 1 unspecified atom stereocenters. The Hall–Kier alpha value is -3.56. The summed E-state index contributed by atoms with van der Waals surface area (Å²) in [5.74, 6) is 0.467. The zero-order valence-corrected chi connectivity index (χ0v) is 20.9. The third-order valence-electron chi connectivity index (χ3n) is 7.74. The fourth-order valence-corrected chi connectivity index (χ4v) is 5.58. The summed E-state index contributed by atoms with van der Waals surface area (Å²) in [7, 11) is 2.09. The molecule has 0 amide bonds. The van der Waals surface area contributed by atoms with E-state index in [9.17, 15) is 5.11 Å². The molecule has 9 heteroatoms. The molecule has 6 rings (SSSR count). The van der Waals surface area contributed by atoms with Crippen molar-refractivity contribution in [2.45, 2.75) is 25.3 Å². The smallest absolute Gasteiger partial charge is 0.319 e. The van der Waals surface area contributed by atoms with Crippen molar-refractivity contribution in [2.24, 2.45) is 11.7 Å². The molecular formula is C28H31FN6O2. The number of aromatic hydroxyl groups is 1. The van der Waals surface area contributed by atoms with E-state index in [1.807, 2.05) is 24.3 Å². The van der Waals surface area contributed by atoms with Gasteiger partial charge in [-0.15, -0.1) is 0 Å². The summed E-state index contributed by atoms with van der Waals surface area (Å²) in [6, 6.07) is 11.2. The number of anilines is 1. The molecule has 4 heterocycles. The highest BCUT2D eigenvalue weighted by molar-refractivity contribution is 5.99. The molecule has 2 aliphatic rings. The Labute approximate surface area is 214 Å². The van der Waals surface area contributed by atoms with E-state index in [0.717, 1.165) is 49.7 Å². The van der Waals surface area contributed by atoms with Gasteiger partial charge in [-0.1, -0.05) is 24.3 Å². The van der Waals surface area contributed by atoms with Gasteiger partial charge in [0, 0.05) is 30.9 Å². The topological polar surface area (TPSA) is 101 Å². The number of halogens is 1. The lowest BCUT2D eigenvalue weighted by Gasteiger charge is -2.22. The van der Waals surface area contributed by atoms with E-state index in [1.165, 1.54) is 0 Å². The molecule has 2 aliphatic heterocycles. The number of likely N-dealkylation sites (N-methyl/N-ethyl adjacent to an activating group) is 1. The zero-order valence-electron chi connectivity index (χ0n) is 20.9. The second-order valence-electron chi connectivity index (χ2n) is 10.2. The molecule has 37 heavy (non-hydrogen) atoms. The van der Waals surface area contributed by atoms with E-state index < -0.39 is 5.82 Å². The Morgan fingerprint density at radius 3 is 2.78 bits per heavy atom. The number of nitrogens with two attached hydrogens (primary N) is 1. The number of fused-ring (bicyclic) bond motifs is 2. The monoisotopic (exact) mass is 502 g/mol. The van der Waals surface area contributed by atoms with Crippen LogP contribution >= 0.6 is 0 Å². The molecule has 2 aromatic heterocycles. The summed E-state index contributed by atoms with van der Waals surface area (Å²) in [4.78, 5) is 18.2. The van der Waals surface area contributed by atoms with Crippen molar-refractivity contribution in [3.05, 3.63) is 48.4 Å². The van der Waals surface area contributed by atoms with Gasteiger partial charge in [0.1, 0.15) is 29.4 Å². The van der Waals surface area contributed by atoms with Crippen molar-refractivity contribution in [1.82, 2.24) is 19.9 Å². The van der Waals surface area contributed by atoms with E-state index in [1.54, 1.807) is 18.3 Å². The number of aromatic nitrogens is 3. The first-order valence-corrected chi connectivity index (χ1v) is 12.9. The first-order valence-electron chi connectivity index (χ1n) is 12.9. The van der Waals surface area contributed by atoms with Gasteiger partial charge in [-0.25, -0.2) is 4.39 Å². The minimum Gasteiger partial charge on any atom is -0.508 e. The molecule has 0 aliphatic carbocycles. The van der Waals surface area contributed by atoms with Gasteiger partial charge >= 0.3 is 6.01 Å². The SMILES string of the molecule is CN1CCC[C@H]1COc1nc(N2CCC(CN)C2)c2cnc(-c3cc(O)cc4ccccc34)c(F)c2n1. The molecule has 0 radical (unpaired) electrons. The third-order valence-corrected chi connectivity index (χ3v) is 7.74. The van der Waals surface area contributed by atoms with E-state index in [-0.39, 0.29) is 29.0 Å². The zero-order chi connectivity index (χ0) is 25.5. The second kappa shape index (κ2) is 9.72. The van der Waals surface area contributed by atoms with Crippen LogP contribution in [-0.4, -0.2) is 70.8 Å². The molecule has 3 N–H and O–H groups in total. The standard InChI is InChI=1S/C28H31FN6O2/c1-34-9-4-6-19(34)16-37-28-32-26-23(27(33-28)35-10-8-17(13-30)15-35)14-31-25(24(26)29)22-12-20(36)11-18-5-2-3-7-21(18)22/h2-3,5,7,11-12,14,17,19,36H,4,6,8-10,13,15-16,30H2,1H3/t17?,19-/m0/s1. The number of ether oxygens (including phenoxy) is 1. The molecular weight excluding hydrogens is 471 g/mol. The molecule has 8 nitrogen and oxygen atoms in total. The number of pyridine rings is 1. The van der Waals surface area contributed by atoms with Gasteiger partial charge in [-0.05, 0) is 68.2 Å². The van der Waals surface area contributed by atoms with Gasteiger partial charge in [0.2, 0.25) is 0 Å². The van der Waals surface area contributed by atoms with Crippen molar-refractivity contribution in [1.29, 1.82) is 0 Å². The maximum atomic E-state index is 16.3. The Balaban J connectivity index is 1.47. The minimum atomic E-state index is -0.561. The predicted octanol–water partition coefficient (Wildman–Crippen LogP) is 3.95. The number of phenols is 1. The van der Waals surface area contributed by atoms with E-state index >= 15 is 4.39 Å². The number of rotatable bonds is 6. The number of phenolic OH excluding ortho intramolecular Hbond substituents is 1. The van der Waals surface area contributed by atoms with Crippen LogP contribution in [0.1, 0.15) is 19.3 Å². The van der Waals surface area contributed by atoms with Crippen molar-refractivity contribution < 1.29 is 14.2 Å². The van der Waals surface area contributed by atoms with Crippen molar-refractivity contribution in [3.8, 4) is 23.0 Å². The van der Waals surface area contributed by atoms with Crippen LogP contribution in [0.3, 0.4) is 0 Å². The summed E-state index contributed by atoms with van der Waals surface area (Å²) in [6.07, 6.45) is 4.76. The highest BCUT2D eigenvalue weighted by atomic mass is 19.1. The molecule has 4 aromatic rings. The average Bonchev–Trinajstić information content (AvgIpc) is 3.56. The normalized spacial score (nSPS) is 20.4. The van der Waals surface area contributed by atoms with Crippen LogP contribution in [-0.2, 0) is 0 Å². The Morgan fingerprint density at radius 2 is 2.00 bits per heavy atom. The van der Waals surface area contributed by atoms with Crippen molar-refractivity contribution in [3.63, 3.8) is 0 Å². The molecule has 0 saturated carbocycles. The fourth-order valence-electron chi connectivity index (χ4n) is 5.58. The quantitative estimate of drug-likeness (QED) is 0.409. The number of hydrogen-bond acceptors (Lipinski definition) is 8. The first-order chi connectivity index (χ1) is 18.0. The largest absolute Gasteiger partial charge is 0.508 e. The Bertz CT molecular complexity index is 1460. The minimum absolute atomic E-state index is 0.0490. The summed E-state index contributed by atoms with van der Waals surface area (Å²) >= 11 is 0. The summed E-state index contributed by atoms with van der Waals surface area (Å²) in [5, 5.41) is 12.5. The van der Waals surface area contributed by atoms with Crippen molar-refractivity contribution >= 4 is 27.5 Å². The maximum absolute atomic E-state index is 16.3. The van der Waals surface area contributed by atoms with E-state index in [0.29, 0.717) is 35.8 Å². The molecule has 0 spiro atoms. The number of nitrogens with zero attached hydrogens (tertiary/aromatic N) is 5. The van der Waals surface area contributed by atoms with Crippen LogP contribution in [0.5, 0.6) is 11.8 Å². The van der Waals surface area contributed by atoms with Gasteiger partial charge < -0.3 is 25.4 Å². The average molecular weight is 503 g/mol. The van der Waals surface area contributed by atoms with Gasteiger partial charge in [-0.3, -0.25) is 4.98 Å². The lowest BCUT2D eigenvalue weighted by Crippen LogP contribution is -2.31. The molecule has 2 fully saturated rings. The van der Waals surface area contributed by atoms with Crippen LogP contribution in [0.2, 0.25) is 0 Å². The van der Waals surface area contributed by atoms with E-state index in [2.05, 4.69) is 26.8 Å². The highest BCUT2D eigenvalue weighted by Gasteiger charge is 2.28. The lowest BCUT2D eigenvalue weighted by molar-refractivity contribution is 0.188. The van der Waals surface area contributed by atoms with Crippen LogP contribution in [0.4, 0.5) is 10.2 Å². The van der Waals surface area contributed by atoms with Crippen LogP contribution in [0, 0.1) is 11.7 Å². The highest BCUT2D eigenvalue weighted by Crippen LogP contribution is 2.37. The van der Waals surface area contributed by atoms with Crippen LogP contribution in [0.15, 0.2) is 42.6 Å². The predicted molar refractivity (Wildman–Crippen MR) is 142 cm³/mol. The van der Waals surface area contributed by atoms with Crippen LogP contribution < -0.4 is 15.4 Å². The number of benzene rings is 2. The Kier molecular flexibility index (Phi) is 6.26. The molecule has 2 aromatic carbocycles. The van der Waals surface area contributed by atoms with Crippen molar-refractivity contribution in [2.75, 3.05) is 44.7 Å². The molecule has 2 atom stereocenters. The molecule has 0 bridgehead atoms. The third kappa shape index (κ3) is 4.42. The fraction of sp³-hybridized carbons (Fsp3) is 0.393. The maximum Gasteiger partial charge on any atom is 0.319 e. The van der Waals surface area contributed by atoms with Gasteiger partial charge in [0.15, 0.2) is 5.82 Å². The van der Waals surface area contributed by atoms with Gasteiger partial charge in [0.25, 0.3) is 0 Å². The number of hydrogen-bond donors (Lipinski definition) is 2. The van der Waals surface area contributed by atoms with Crippen LogP contribution in [0.25, 0.3) is 32.9 Å². The second-order valence-corrected chi connectivity index (χ2v) is 10.2. The summed E-state index contributed by atoms with van der Waals surface area (Å²) in [5.41, 5.74) is 6.73. The molecule has 2 saturated heterocycles. The van der Waals surface area contributed by atoms with E-state index in [4.69, 9.17) is 15.5 Å². The first kappa shape index (κ1) is 23.8.